The van der Waals surface area contributed by atoms with Crippen LogP contribution in [-0.4, -0.2) is 46.2 Å². The van der Waals surface area contributed by atoms with Crippen LogP contribution in [0.2, 0.25) is 0 Å². The number of nitrogens with one attached hydrogen (secondary N) is 2. The van der Waals surface area contributed by atoms with Crippen LogP contribution in [0.1, 0.15) is 28.0 Å². The van der Waals surface area contributed by atoms with Crippen molar-refractivity contribution in [1.82, 2.24) is 20.3 Å². The number of pyridine rings is 1. The number of rotatable bonds is 7. The van der Waals surface area contributed by atoms with Gasteiger partial charge in [-0.25, -0.2) is 19.4 Å². The van der Waals surface area contributed by atoms with E-state index >= 15 is 0 Å². The molecule has 0 unspecified atom stereocenters. The van der Waals surface area contributed by atoms with E-state index in [0.717, 1.165) is 18.2 Å². The fraction of sp³-hybridized carbons (Fsp3) is 0.250. The van der Waals surface area contributed by atoms with Crippen LogP contribution in [0, 0.1) is 11.2 Å². The fourth-order valence-corrected chi connectivity index (χ4v) is 3.57. The minimum Gasteiger partial charge on any atom is -0.380 e. The normalized spacial score (nSPS) is 17.6. The van der Waals surface area contributed by atoms with Crippen LogP contribution < -0.4 is 10.6 Å². The van der Waals surface area contributed by atoms with Gasteiger partial charge in [0.25, 0.3) is 5.91 Å². The van der Waals surface area contributed by atoms with Crippen LogP contribution in [0.25, 0.3) is 0 Å². The van der Waals surface area contributed by atoms with E-state index < -0.39 is 40.5 Å². The first kappa shape index (κ1) is 25.8. The van der Waals surface area contributed by atoms with Crippen LogP contribution in [0.15, 0.2) is 60.2 Å². The number of ether oxygens (including phenoxy) is 1. The first-order chi connectivity index (χ1) is 17.7. The minimum absolute atomic E-state index is 0.0112. The van der Waals surface area contributed by atoms with E-state index in [1.165, 1.54) is 43.3 Å². The second kappa shape index (κ2) is 10.8. The number of hydrogen-bond acceptors (Lipinski definition) is 7. The predicted molar refractivity (Wildman–Crippen MR) is 123 cm³/mol. The number of aromatic nitrogens is 3. The molecule has 13 heteroatoms. The molecule has 2 aromatic heterocycles. The van der Waals surface area contributed by atoms with Crippen molar-refractivity contribution in [2.24, 2.45) is 10.4 Å². The highest BCUT2D eigenvalue weighted by Gasteiger charge is 2.41. The number of benzene rings is 1. The summed E-state index contributed by atoms with van der Waals surface area (Å²) < 4.78 is 59.1. The van der Waals surface area contributed by atoms with Crippen molar-refractivity contribution in [2.45, 2.75) is 19.1 Å². The summed E-state index contributed by atoms with van der Waals surface area (Å²) in [4.78, 5) is 40.7. The molecule has 1 aliphatic heterocycles. The van der Waals surface area contributed by atoms with Crippen molar-refractivity contribution in [2.75, 3.05) is 18.5 Å². The Balaban J connectivity index is 1.41. The van der Waals surface area contributed by atoms with E-state index in [9.17, 15) is 27.2 Å². The fourth-order valence-electron chi connectivity index (χ4n) is 3.57. The van der Waals surface area contributed by atoms with Gasteiger partial charge in [-0.15, -0.1) is 0 Å². The van der Waals surface area contributed by atoms with E-state index in [2.05, 4.69) is 30.6 Å². The Kier molecular flexibility index (Phi) is 7.53. The summed E-state index contributed by atoms with van der Waals surface area (Å²) in [6.07, 6.45) is 1.95. The Hall–Kier alpha value is -4.26. The zero-order chi connectivity index (χ0) is 26.5. The summed E-state index contributed by atoms with van der Waals surface area (Å²) in [6, 6.07) is 5.56. The molecule has 0 aliphatic carbocycles. The SMILES string of the molecule is O=C(N=C[C@@]1(C(=O)NCc2ccc(Nc3c(F)cccc3C(F)(F)F)cn2)CCOC1)c1cncnc1. The maximum Gasteiger partial charge on any atom is 0.418 e. The molecule has 1 fully saturated rings. The Morgan fingerprint density at radius 3 is 2.57 bits per heavy atom. The molecule has 4 rings (SSSR count). The van der Waals surface area contributed by atoms with Gasteiger partial charge in [0.15, 0.2) is 0 Å². The molecule has 2 N–H and O–H groups in total. The summed E-state index contributed by atoms with van der Waals surface area (Å²) in [5.41, 5.74) is -2.33. The average molecular weight is 516 g/mol. The van der Waals surface area contributed by atoms with E-state index in [4.69, 9.17) is 4.74 Å². The summed E-state index contributed by atoms with van der Waals surface area (Å²) >= 11 is 0. The van der Waals surface area contributed by atoms with Crippen molar-refractivity contribution < 1.29 is 31.9 Å². The lowest BCUT2D eigenvalue weighted by Gasteiger charge is -2.21. The number of amides is 2. The van der Waals surface area contributed by atoms with Crippen LogP contribution in [-0.2, 0) is 22.3 Å². The number of halogens is 4. The standard InChI is InChI=1S/C24H20F4N6O3/c25-19-3-1-2-18(24(26,27)28)20(19)34-17-5-4-16(31-11-17)10-32-22(36)23(6-7-37-13-23)12-33-21(35)15-8-29-14-30-9-15/h1-5,8-9,11-12,14,34H,6-7,10,13H2,(H,32,36)/t23-/m0/s1. The number of nitrogens with zero attached hydrogens (tertiary/aromatic N) is 4. The highest BCUT2D eigenvalue weighted by Crippen LogP contribution is 2.37. The van der Waals surface area contributed by atoms with Crippen molar-refractivity contribution >= 4 is 29.4 Å². The lowest BCUT2D eigenvalue weighted by Crippen LogP contribution is -2.42. The van der Waals surface area contributed by atoms with Crippen molar-refractivity contribution in [3.05, 3.63) is 77.9 Å². The number of carbonyl (C=O) groups is 2. The molecule has 0 saturated carbocycles. The molecule has 1 aliphatic rings. The van der Waals surface area contributed by atoms with Gasteiger partial charge in [-0.2, -0.15) is 13.2 Å². The molecule has 1 atom stereocenters. The smallest absolute Gasteiger partial charge is 0.380 e. The summed E-state index contributed by atoms with van der Waals surface area (Å²) in [5, 5.41) is 5.13. The van der Waals surface area contributed by atoms with Gasteiger partial charge in [0, 0.05) is 25.2 Å². The first-order valence-electron chi connectivity index (χ1n) is 11.0. The maximum atomic E-state index is 14.1. The molecule has 37 heavy (non-hydrogen) atoms. The van der Waals surface area contributed by atoms with Crippen LogP contribution in [0.3, 0.4) is 0 Å². The zero-order valence-electron chi connectivity index (χ0n) is 19.1. The number of hydrogen-bond donors (Lipinski definition) is 2. The number of para-hydroxylation sites is 1. The third-order valence-electron chi connectivity index (χ3n) is 5.58. The molecular weight excluding hydrogens is 496 g/mol. The second-order valence-corrected chi connectivity index (χ2v) is 8.16. The second-order valence-electron chi connectivity index (χ2n) is 8.16. The highest BCUT2D eigenvalue weighted by molar-refractivity contribution is 6.05. The average Bonchev–Trinajstić information content (AvgIpc) is 3.38. The van der Waals surface area contributed by atoms with Crippen LogP contribution in [0.4, 0.5) is 28.9 Å². The van der Waals surface area contributed by atoms with E-state index in [1.807, 2.05) is 0 Å². The van der Waals surface area contributed by atoms with Crippen molar-refractivity contribution in [3.63, 3.8) is 0 Å². The van der Waals surface area contributed by atoms with Gasteiger partial charge in [-0.1, -0.05) is 6.07 Å². The predicted octanol–water partition coefficient (Wildman–Crippen LogP) is 3.71. The third-order valence-corrected chi connectivity index (χ3v) is 5.58. The maximum absolute atomic E-state index is 14.1. The van der Waals surface area contributed by atoms with E-state index in [-0.39, 0.29) is 24.4 Å². The monoisotopic (exact) mass is 516 g/mol. The molecule has 9 nitrogen and oxygen atoms in total. The lowest BCUT2D eigenvalue weighted by molar-refractivity contribution is -0.137. The van der Waals surface area contributed by atoms with E-state index in [1.54, 1.807) is 0 Å². The van der Waals surface area contributed by atoms with Crippen LogP contribution >= 0.6 is 0 Å². The summed E-state index contributed by atoms with van der Waals surface area (Å²) in [7, 11) is 0. The van der Waals surface area contributed by atoms with Gasteiger partial charge in [-0.05, 0) is 30.7 Å². The molecule has 0 spiro atoms. The van der Waals surface area contributed by atoms with Crippen molar-refractivity contribution in [3.8, 4) is 0 Å². The molecule has 0 radical (unpaired) electrons. The Bertz CT molecular complexity index is 1290. The Morgan fingerprint density at radius 2 is 1.92 bits per heavy atom. The van der Waals surface area contributed by atoms with Gasteiger partial charge in [0.05, 0.1) is 47.5 Å². The molecule has 3 aromatic rings. The number of anilines is 2. The highest BCUT2D eigenvalue weighted by atomic mass is 19.4. The van der Waals surface area contributed by atoms with Gasteiger partial charge in [0.1, 0.15) is 17.6 Å². The summed E-state index contributed by atoms with van der Waals surface area (Å²) in [5.74, 6) is -2.10. The molecule has 1 aromatic carbocycles. The molecule has 0 bridgehead atoms. The third kappa shape index (κ3) is 6.12. The lowest BCUT2D eigenvalue weighted by atomic mass is 9.87. The number of carbonyl (C=O) groups excluding carboxylic acids is 2. The number of alkyl halides is 3. The quantitative estimate of drug-likeness (QED) is 0.363. The number of aliphatic imine (C=N–C) groups is 1. The molecule has 3 heterocycles. The molecule has 1 saturated heterocycles. The first-order valence-corrected chi connectivity index (χ1v) is 11.0. The van der Waals surface area contributed by atoms with Gasteiger partial charge in [0.2, 0.25) is 5.91 Å². The minimum atomic E-state index is -4.75. The van der Waals surface area contributed by atoms with Gasteiger partial charge >= 0.3 is 6.18 Å². The van der Waals surface area contributed by atoms with E-state index in [0.29, 0.717) is 18.7 Å². The largest absolute Gasteiger partial charge is 0.418 e. The molecule has 192 valence electrons. The van der Waals surface area contributed by atoms with Gasteiger partial charge < -0.3 is 15.4 Å². The van der Waals surface area contributed by atoms with Gasteiger partial charge in [-0.3, -0.25) is 14.6 Å². The molecule has 2 amide bonds. The van der Waals surface area contributed by atoms with Crippen LogP contribution in [0.5, 0.6) is 0 Å². The topological polar surface area (TPSA) is 118 Å². The molecular formula is C24H20F4N6O3. The Labute approximate surface area is 208 Å². The zero-order valence-corrected chi connectivity index (χ0v) is 19.1. The Morgan fingerprint density at radius 1 is 1.14 bits per heavy atom. The van der Waals surface area contributed by atoms with Crippen molar-refractivity contribution in [1.29, 1.82) is 0 Å². The summed E-state index contributed by atoms with van der Waals surface area (Å²) in [6.45, 7) is 0.320.